The van der Waals surface area contributed by atoms with Gasteiger partial charge in [-0.1, -0.05) is 17.7 Å². The molecule has 3 heterocycles. The number of halogens is 1. The number of nitrogens with zero attached hydrogens (tertiary/aromatic N) is 6. The van der Waals surface area contributed by atoms with Crippen molar-refractivity contribution in [2.75, 3.05) is 45.9 Å². The molecule has 5 rings (SSSR count). The predicted molar refractivity (Wildman–Crippen MR) is 157 cm³/mol. The van der Waals surface area contributed by atoms with Gasteiger partial charge in [0.25, 0.3) is 0 Å². The summed E-state index contributed by atoms with van der Waals surface area (Å²) >= 11 is 6.38. The van der Waals surface area contributed by atoms with Gasteiger partial charge in [0.05, 0.1) is 40.0 Å². The van der Waals surface area contributed by atoms with E-state index in [9.17, 15) is 9.59 Å². The van der Waals surface area contributed by atoms with Gasteiger partial charge in [-0.15, -0.1) is 0 Å². The number of nitrogens with one attached hydrogen (secondary N) is 1. The molecule has 1 N–H and O–H groups in total. The summed E-state index contributed by atoms with van der Waals surface area (Å²) in [6.45, 7) is 0.676. The highest BCUT2D eigenvalue weighted by Gasteiger charge is 2.36. The second-order valence-corrected chi connectivity index (χ2v) is 9.76. The molecule has 1 aliphatic heterocycles. The summed E-state index contributed by atoms with van der Waals surface area (Å²) in [6.07, 6.45) is 4.24. The second kappa shape index (κ2) is 13.3. The number of ether oxygens (including phenoxy) is 4. The van der Waals surface area contributed by atoms with Crippen molar-refractivity contribution in [2.45, 2.75) is 12.6 Å². The van der Waals surface area contributed by atoms with Crippen molar-refractivity contribution in [3.05, 3.63) is 78.0 Å². The van der Waals surface area contributed by atoms with E-state index in [1.165, 1.54) is 4.90 Å². The Morgan fingerprint density at radius 1 is 0.977 bits per heavy atom. The third kappa shape index (κ3) is 6.72. The Labute approximate surface area is 252 Å². The zero-order chi connectivity index (χ0) is 30.3. The van der Waals surface area contributed by atoms with Crippen LogP contribution >= 0.6 is 11.6 Å². The molecule has 0 saturated carbocycles. The van der Waals surface area contributed by atoms with Gasteiger partial charge in [0.15, 0.2) is 0 Å². The van der Waals surface area contributed by atoms with Crippen LogP contribution in [0.25, 0.3) is 5.95 Å². The van der Waals surface area contributed by atoms with E-state index in [1.807, 2.05) is 0 Å². The Kier molecular flexibility index (Phi) is 9.11. The molecule has 14 heteroatoms. The normalized spacial score (nSPS) is 14.7. The van der Waals surface area contributed by atoms with Gasteiger partial charge in [0, 0.05) is 31.5 Å². The molecule has 0 spiro atoms. The lowest BCUT2D eigenvalue weighted by Gasteiger charge is -2.40. The van der Waals surface area contributed by atoms with Crippen molar-refractivity contribution in [2.24, 2.45) is 0 Å². The van der Waals surface area contributed by atoms with Crippen LogP contribution in [0.4, 0.5) is 10.6 Å². The van der Waals surface area contributed by atoms with E-state index in [-0.39, 0.29) is 37.2 Å². The zero-order valence-corrected chi connectivity index (χ0v) is 24.5. The molecular weight excluding hydrogens is 578 g/mol. The first kappa shape index (κ1) is 29.5. The van der Waals surface area contributed by atoms with Crippen LogP contribution in [0, 0.1) is 0 Å². The Morgan fingerprint density at radius 2 is 1.70 bits per heavy atom. The van der Waals surface area contributed by atoms with Crippen LogP contribution in [0.2, 0.25) is 5.15 Å². The number of hydrogen-bond donors (Lipinski definition) is 1. The SMILES string of the molecule is COc1ccc(OC(=O)N2CCN(c3cc(Cl)nc(-n4ccnc4)n3)C(C(=O)NCc3c(OC)cccc3OC)C2)cc1. The summed E-state index contributed by atoms with van der Waals surface area (Å²) in [6, 6.07) is 12.8. The van der Waals surface area contributed by atoms with Gasteiger partial charge in [-0.3, -0.25) is 9.36 Å². The number of methoxy groups -OCH3 is 3. The van der Waals surface area contributed by atoms with Crippen molar-refractivity contribution in [1.29, 1.82) is 0 Å². The van der Waals surface area contributed by atoms with Crippen LogP contribution < -0.4 is 29.2 Å². The number of rotatable bonds is 9. The monoisotopic (exact) mass is 607 g/mol. The molecular formula is C29H30ClN7O6. The molecule has 4 aromatic rings. The van der Waals surface area contributed by atoms with E-state index in [1.54, 1.807) is 98.0 Å². The lowest BCUT2D eigenvalue weighted by atomic mass is 10.1. The summed E-state index contributed by atoms with van der Waals surface area (Å²) in [5.74, 6) is 2.48. The molecule has 224 valence electrons. The summed E-state index contributed by atoms with van der Waals surface area (Å²) < 4.78 is 23.3. The van der Waals surface area contributed by atoms with E-state index < -0.39 is 12.1 Å². The average molecular weight is 608 g/mol. The summed E-state index contributed by atoms with van der Waals surface area (Å²) in [7, 11) is 4.65. The van der Waals surface area contributed by atoms with E-state index in [0.717, 1.165) is 0 Å². The molecule has 2 aromatic heterocycles. The number of anilines is 1. The van der Waals surface area contributed by atoms with E-state index in [4.69, 9.17) is 30.5 Å². The standard InChI is InChI=1S/C29H30ClN7O6/c1-40-19-7-9-20(10-8-19)43-29(39)35-13-14-37(26-15-25(30)33-28(34-26)36-12-11-31-18-36)22(17-35)27(38)32-16-21-23(41-2)5-4-6-24(21)42-3/h4-12,15,18,22H,13-14,16-17H2,1-3H3,(H,32,38). The Balaban J connectivity index is 1.40. The maximum atomic E-state index is 13.8. The summed E-state index contributed by atoms with van der Waals surface area (Å²) in [5.41, 5.74) is 0.673. The quantitative estimate of drug-likeness (QED) is 0.282. The molecule has 13 nitrogen and oxygen atoms in total. The largest absolute Gasteiger partial charge is 0.497 e. The summed E-state index contributed by atoms with van der Waals surface area (Å²) in [4.78, 5) is 43.3. The zero-order valence-electron chi connectivity index (χ0n) is 23.8. The number of imidazole rings is 1. The highest BCUT2D eigenvalue weighted by atomic mass is 35.5. The molecule has 1 atom stereocenters. The van der Waals surface area contributed by atoms with Gasteiger partial charge < -0.3 is 34.1 Å². The van der Waals surface area contributed by atoms with Crippen molar-refractivity contribution in [3.8, 4) is 28.9 Å². The molecule has 0 aliphatic carbocycles. The Hall–Kier alpha value is -5.04. The fraction of sp³-hybridized carbons (Fsp3) is 0.276. The van der Waals surface area contributed by atoms with Crippen molar-refractivity contribution >= 4 is 29.4 Å². The summed E-state index contributed by atoms with van der Waals surface area (Å²) in [5, 5.41) is 3.16. The third-order valence-electron chi connectivity index (χ3n) is 6.87. The van der Waals surface area contributed by atoms with Gasteiger partial charge in [0.2, 0.25) is 11.9 Å². The fourth-order valence-corrected chi connectivity index (χ4v) is 4.86. The topological polar surface area (TPSA) is 133 Å². The first-order valence-electron chi connectivity index (χ1n) is 13.3. The number of hydrogen-bond acceptors (Lipinski definition) is 10. The molecule has 1 unspecified atom stereocenters. The highest BCUT2D eigenvalue weighted by molar-refractivity contribution is 6.29. The first-order valence-corrected chi connectivity index (χ1v) is 13.7. The number of aromatic nitrogens is 4. The number of amides is 2. The van der Waals surface area contributed by atoms with Crippen LogP contribution in [0.1, 0.15) is 5.56 Å². The van der Waals surface area contributed by atoms with Gasteiger partial charge in [0.1, 0.15) is 46.3 Å². The molecule has 2 aromatic carbocycles. The predicted octanol–water partition coefficient (Wildman–Crippen LogP) is 3.35. The smallest absolute Gasteiger partial charge is 0.415 e. The lowest BCUT2D eigenvalue weighted by molar-refractivity contribution is -0.123. The van der Waals surface area contributed by atoms with Crippen molar-refractivity contribution in [1.82, 2.24) is 29.7 Å². The molecule has 1 aliphatic rings. The van der Waals surface area contributed by atoms with Crippen LogP contribution in [-0.2, 0) is 11.3 Å². The lowest BCUT2D eigenvalue weighted by Crippen LogP contribution is -2.60. The maximum absolute atomic E-state index is 13.8. The number of benzene rings is 2. The van der Waals surface area contributed by atoms with E-state index in [0.29, 0.717) is 40.3 Å². The number of carbonyl (C=O) groups excluding carboxylic acids is 2. The van der Waals surface area contributed by atoms with Gasteiger partial charge >= 0.3 is 6.09 Å². The minimum atomic E-state index is -0.848. The molecule has 1 saturated heterocycles. The molecule has 0 radical (unpaired) electrons. The number of carbonyl (C=O) groups is 2. The third-order valence-corrected chi connectivity index (χ3v) is 7.07. The van der Waals surface area contributed by atoms with Crippen molar-refractivity contribution in [3.63, 3.8) is 0 Å². The van der Waals surface area contributed by atoms with Gasteiger partial charge in [-0.05, 0) is 36.4 Å². The minimum absolute atomic E-state index is 0.0198. The maximum Gasteiger partial charge on any atom is 0.415 e. The minimum Gasteiger partial charge on any atom is -0.497 e. The van der Waals surface area contributed by atoms with Crippen LogP contribution in [-0.4, -0.2) is 83.4 Å². The highest BCUT2D eigenvalue weighted by Crippen LogP contribution is 2.29. The fourth-order valence-electron chi connectivity index (χ4n) is 4.69. The number of piperazine rings is 1. The van der Waals surface area contributed by atoms with Crippen LogP contribution in [0.3, 0.4) is 0 Å². The molecule has 43 heavy (non-hydrogen) atoms. The van der Waals surface area contributed by atoms with Crippen LogP contribution in [0.15, 0.2) is 67.3 Å². The van der Waals surface area contributed by atoms with E-state index in [2.05, 4.69) is 20.3 Å². The second-order valence-electron chi connectivity index (χ2n) is 9.38. The average Bonchev–Trinajstić information content (AvgIpc) is 3.58. The van der Waals surface area contributed by atoms with Crippen LogP contribution in [0.5, 0.6) is 23.0 Å². The molecule has 0 bridgehead atoms. The Bertz CT molecular complexity index is 1550. The Morgan fingerprint density at radius 3 is 2.35 bits per heavy atom. The molecule has 1 fully saturated rings. The first-order chi connectivity index (χ1) is 20.9. The van der Waals surface area contributed by atoms with Gasteiger partial charge in [-0.25, -0.2) is 14.8 Å². The van der Waals surface area contributed by atoms with Gasteiger partial charge in [-0.2, -0.15) is 4.98 Å². The van der Waals surface area contributed by atoms with E-state index >= 15 is 0 Å². The molecule has 2 amide bonds. The van der Waals surface area contributed by atoms with Crippen molar-refractivity contribution < 1.29 is 28.5 Å².